The van der Waals surface area contributed by atoms with E-state index in [1.54, 1.807) is 0 Å². The van der Waals surface area contributed by atoms with Gasteiger partial charge in [0.2, 0.25) is 5.89 Å². The Morgan fingerprint density at radius 2 is 1.75 bits per heavy atom. The zero-order valence-electron chi connectivity index (χ0n) is 14.0. The van der Waals surface area contributed by atoms with Gasteiger partial charge in [0.1, 0.15) is 0 Å². The molecule has 0 amide bonds. The van der Waals surface area contributed by atoms with Crippen LogP contribution in [-0.4, -0.2) is 59.3 Å². The maximum Gasteiger partial charge on any atom is 0.315 e. The standard InChI is InChI=1S/C18H25N5O/c1-2-4-15(5-3-1)14-23-12-10-22(11-13-23)9-8-19-18-21-20-17(24-18)16-6-7-16/h1-5,16H,6-14H2,(H,19,21). The molecule has 0 bridgehead atoms. The highest BCUT2D eigenvalue weighted by atomic mass is 16.4. The number of rotatable bonds is 7. The first-order chi connectivity index (χ1) is 11.9. The quantitative estimate of drug-likeness (QED) is 0.841. The zero-order chi connectivity index (χ0) is 16.2. The average molecular weight is 327 g/mol. The first-order valence-electron chi connectivity index (χ1n) is 8.93. The average Bonchev–Trinajstić information content (AvgIpc) is 3.37. The molecule has 1 saturated heterocycles. The topological polar surface area (TPSA) is 57.4 Å². The van der Waals surface area contributed by atoms with Crippen molar-refractivity contribution in [3.63, 3.8) is 0 Å². The normalized spacial score (nSPS) is 19.5. The first kappa shape index (κ1) is 15.6. The number of aromatic nitrogens is 2. The molecule has 2 aliphatic rings. The smallest absolute Gasteiger partial charge is 0.315 e. The van der Waals surface area contributed by atoms with Gasteiger partial charge in [0, 0.05) is 51.7 Å². The second-order valence-corrected chi connectivity index (χ2v) is 6.75. The Bertz CT molecular complexity index is 632. The van der Waals surface area contributed by atoms with Crippen LogP contribution in [0.25, 0.3) is 0 Å². The van der Waals surface area contributed by atoms with E-state index in [1.807, 2.05) is 0 Å². The minimum atomic E-state index is 0.519. The van der Waals surface area contributed by atoms with Crippen molar-refractivity contribution in [2.75, 3.05) is 44.6 Å². The Kier molecular flexibility index (Phi) is 4.76. The maximum absolute atomic E-state index is 5.62. The van der Waals surface area contributed by atoms with Gasteiger partial charge in [-0.25, -0.2) is 0 Å². The van der Waals surface area contributed by atoms with Crippen molar-refractivity contribution in [2.24, 2.45) is 0 Å². The molecule has 0 unspecified atom stereocenters. The van der Waals surface area contributed by atoms with E-state index in [2.05, 4.69) is 55.6 Å². The second-order valence-electron chi connectivity index (χ2n) is 6.75. The monoisotopic (exact) mass is 327 g/mol. The molecule has 6 nitrogen and oxygen atoms in total. The molecule has 1 aromatic heterocycles. The first-order valence-corrected chi connectivity index (χ1v) is 8.93. The Morgan fingerprint density at radius 3 is 2.50 bits per heavy atom. The van der Waals surface area contributed by atoms with Crippen LogP contribution >= 0.6 is 0 Å². The van der Waals surface area contributed by atoms with Crippen LogP contribution in [0, 0.1) is 0 Å². The lowest BCUT2D eigenvalue weighted by Gasteiger charge is -2.34. The number of nitrogens with zero attached hydrogens (tertiary/aromatic N) is 4. The summed E-state index contributed by atoms with van der Waals surface area (Å²) in [5.74, 6) is 1.32. The van der Waals surface area contributed by atoms with E-state index in [0.29, 0.717) is 11.9 Å². The fourth-order valence-corrected chi connectivity index (χ4v) is 3.13. The molecule has 0 atom stereocenters. The maximum atomic E-state index is 5.62. The van der Waals surface area contributed by atoms with Crippen LogP contribution in [0.2, 0.25) is 0 Å². The summed E-state index contributed by atoms with van der Waals surface area (Å²) in [6.07, 6.45) is 2.38. The van der Waals surface area contributed by atoms with Gasteiger partial charge in [0.15, 0.2) is 0 Å². The van der Waals surface area contributed by atoms with Crippen molar-refractivity contribution in [3.05, 3.63) is 41.8 Å². The van der Waals surface area contributed by atoms with Gasteiger partial charge in [-0.3, -0.25) is 9.80 Å². The van der Waals surface area contributed by atoms with Gasteiger partial charge in [0.25, 0.3) is 0 Å². The van der Waals surface area contributed by atoms with Gasteiger partial charge in [0.05, 0.1) is 0 Å². The third-order valence-corrected chi connectivity index (χ3v) is 4.79. The Balaban J connectivity index is 1.15. The van der Waals surface area contributed by atoms with Crippen molar-refractivity contribution >= 4 is 6.01 Å². The van der Waals surface area contributed by atoms with Crippen molar-refractivity contribution in [1.82, 2.24) is 20.0 Å². The minimum absolute atomic E-state index is 0.519. The predicted molar refractivity (Wildman–Crippen MR) is 92.9 cm³/mol. The van der Waals surface area contributed by atoms with Gasteiger partial charge in [-0.2, -0.15) is 0 Å². The molecule has 2 heterocycles. The summed E-state index contributed by atoms with van der Waals surface area (Å²) in [7, 11) is 0. The fraction of sp³-hybridized carbons (Fsp3) is 0.556. The van der Waals surface area contributed by atoms with E-state index in [1.165, 1.54) is 18.4 Å². The van der Waals surface area contributed by atoms with Gasteiger partial charge in [-0.05, 0) is 18.4 Å². The summed E-state index contributed by atoms with van der Waals surface area (Å²) in [5.41, 5.74) is 1.40. The molecule has 0 radical (unpaired) electrons. The molecule has 1 aliphatic heterocycles. The van der Waals surface area contributed by atoms with Gasteiger partial charge < -0.3 is 9.73 Å². The summed E-state index contributed by atoms with van der Waals surface area (Å²) >= 11 is 0. The number of piperazine rings is 1. The van der Waals surface area contributed by atoms with E-state index in [9.17, 15) is 0 Å². The number of benzene rings is 1. The SMILES string of the molecule is c1ccc(CN2CCN(CCNc3nnc(C4CC4)o3)CC2)cc1. The summed E-state index contributed by atoms with van der Waals surface area (Å²) in [6.45, 7) is 7.41. The molecule has 128 valence electrons. The van der Waals surface area contributed by atoms with E-state index in [0.717, 1.165) is 51.7 Å². The zero-order valence-corrected chi connectivity index (χ0v) is 14.0. The lowest BCUT2D eigenvalue weighted by atomic mass is 10.2. The lowest BCUT2D eigenvalue weighted by molar-refractivity contribution is 0.130. The van der Waals surface area contributed by atoms with E-state index in [-0.39, 0.29) is 0 Å². The molecule has 0 spiro atoms. The molecular weight excluding hydrogens is 302 g/mol. The molecule has 4 rings (SSSR count). The largest absolute Gasteiger partial charge is 0.408 e. The van der Waals surface area contributed by atoms with Crippen LogP contribution in [0.15, 0.2) is 34.7 Å². The number of hydrogen-bond acceptors (Lipinski definition) is 6. The summed E-state index contributed by atoms with van der Waals surface area (Å²) < 4.78 is 5.62. The van der Waals surface area contributed by atoms with E-state index in [4.69, 9.17) is 4.42 Å². The van der Waals surface area contributed by atoms with Gasteiger partial charge in [-0.15, -0.1) is 5.10 Å². The fourth-order valence-electron chi connectivity index (χ4n) is 3.13. The van der Waals surface area contributed by atoms with Crippen molar-refractivity contribution in [3.8, 4) is 0 Å². The molecule has 1 N–H and O–H groups in total. The summed E-state index contributed by atoms with van der Waals surface area (Å²) in [5, 5.41) is 11.4. The number of nitrogens with one attached hydrogen (secondary N) is 1. The number of hydrogen-bond donors (Lipinski definition) is 1. The molecule has 2 aromatic rings. The van der Waals surface area contributed by atoms with Gasteiger partial charge in [-0.1, -0.05) is 35.4 Å². The highest BCUT2D eigenvalue weighted by Crippen LogP contribution is 2.39. The van der Waals surface area contributed by atoms with E-state index < -0.39 is 0 Å². The minimum Gasteiger partial charge on any atom is -0.408 e. The molecule has 24 heavy (non-hydrogen) atoms. The van der Waals surface area contributed by atoms with Crippen LogP contribution in [-0.2, 0) is 6.54 Å². The van der Waals surface area contributed by atoms with Crippen LogP contribution < -0.4 is 5.32 Å². The predicted octanol–water partition coefficient (Wildman–Crippen LogP) is 2.18. The Labute approximate surface area is 142 Å². The Morgan fingerprint density at radius 1 is 1.00 bits per heavy atom. The summed E-state index contributed by atoms with van der Waals surface area (Å²) in [6, 6.07) is 11.3. The molecule has 1 aromatic carbocycles. The highest BCUT2D eigenvalue weighted by molar-refractivity contribution is 5.18. The third-order valence-electron chi connectivity index (χ3n) is 4.79. The molecule has 2 fully saturated rings. The Hall–Kier alpha value is -1.92. The van der Waals surface area contributed by atoms with Crippen LogP contribution in [0.3, 0.4) is 0 Å². The highest BCUT2D eigenvalue weighted by Gasteiger charge is 2.29. The molecule has 1 aliphatic carbocycles. The van der Waals surface area contributed by atoms with Crippen molar-refractivity contribution in [2.45, 2.75) is 25.3 Å². The lowest BCUT2D eigenvalue weighted by Crippen LogP contribution is -2.47. The molecule has 1 saturated carbocycles. The van der Waals surface area contributed by atoms with Crippen LogP contribution in [0.4, 0.5) is 6.01 Å². The second kappa shape index (κ2) is 7.32. The van der Waals surface area contributed by atoms with E-state index >= 15 is 0 Å². The van der Waals surface area contributed by atoms with Crippen LogP contribution in [0.1, 0.15) is 30.2 Å². The number of anilines is 1. The third kappa shape index (κ3) is 4.13. The van der Waals surface area contributed by atoms with Gasteiger partial charge >= 0.3 is 6.01 Å². The van der Waals surface area contributed by atoms with Crippen molar-refractivity contribution in [1.29, 1.82) is 0 Å². The van der Waals surface area contributed by atoms with Crippen LogP contribution in [0.5, 0.6) is 0 Å². The summed E-state index contributed by atoms with van der Waals surface area (Å²) in [4.78, 5) is 5.02. The molecular formula is C18H25N5O. The van der Waals surface area contributed by atoms with Crippen molar-refractivity contribution < 1.29 is 4.42 Å². The molecule has 6 heteroatoms.